The largest absolute Gasteiger partial charge is 0.470 e. The van der Waals surface area contributed by atoms with Crippen LogP contribution in [0.3, 0.4) is 0 Å². The number of alkyl halides is 3. The standard InChI is InChI=1S/C22H22F3N5O/c23-22(24,25)19-5-3-17(4-6-19)15-29-10-12-30(13-11-29)20-21(28-9-8-27-20)31-16-18-2-1-7-26-14-18/h1-9,14H,10-13,15-16H2. The summed E-state index contributed by atoms with van der Waals surface area (Å²) in [5, 5.41) is 0. The molecule has 0 N–H and O–H groups in total. The maximum absolute atomic E-state index is 12.7. The van der Waals surface area contributed by atoms with Crippen molar-refractivity contribution in [3.63, 3.8) is 0 Å². The number of hydrogen-bond donors (Lipinski definition) is 0. The van der Waals surface area contributed by atoms with Crippen molar-refractivity contribution in [2.45, 2.75) is 19.3 Å². The Morgan fingerprint density at radius 2 is 1.61 bits per heavy atom. The lowest BCUT2D eigenvalue weighted by atomic mass is 10.1. The Hall–Kier alpha value is -3.20. The number of aromatic nitrogens is 3. The average Bonchev–Trinajstić information content (AvgIpc) is 2.79. The first kappa shape index (κ1) is 21.0. The lowest BCUT2D eigenvalue weighted by molar-refractivity contribution is -0.137. The lowest BCUT2D eigenvalue weighted by Crippen LogP contribution is -2.46. The van der Waals surface area contributed by atoms with Crippen LogP contribution in [0.5, 0.6) is 5.88 Å². The molecule has 162 valence electrons. The van der Waals surface area contributed by atoms with Gasteiger partial charge in [-0.2, -0.15) is 13.2 Å². The van der Waals surface area contributed by atoms with E-state index in [9.17, 15) is 13.2 Å². The van der Waals surface area contributed by atoms with Gasteiger partial charge in [0.1, 0.15) is 6.61 Å². The molecular formula is C22H22F3N5O. The Kier molecular flexibility index (Phi) is 6.31. The summed E-state index contributed by atoms with van der Waals surface area (Å²) in [6.45, 7) is 3.94. The van der Waals surface area contributed by atoms with Gasteiger partial charge in [0.05, 0.1) is 5.56 Å². The molecule has 0 amide bonds. The molecule has 3 heterocycles. The highest BCUT2D eigenvalue weighted by Gasteiger charge is 2.30. The monoisotopic (exact) mass is 429 g/mol. The van der Waals surface area contributed by atoms with Crippen molar-refractivity contribution >= 4 is 5.82 Å². The second-order valence-corrected chi connectivity index (χ2v) is 7.29. The number of piperazine rings is 1. The molecule has 0 aliphatic carbocycles. The molecule has 31 heavy (non-hydrogen) atoms. The summed E-state index contributed by atoms with van der Waals surface area (Å²) >= 11 is 0. The van der Waals surface area contributed by atoms with Crippen LogP contribution in [0.4, 0.5) is 19.0 Å². The summed E-state index contributed by atoms with van der Waals surface area (Å²) < 4.78 is 44.1. The molecule has 0 spiro atoms. The number of nitrogens with zero attached hydrogens (tertiary/aromatic N) is 5. The predicted molar refractivity (Wildman–Crippen MR) is 110 cm³/mol. The molecule has 1 fully saturated rings. The highest BCUT2D eigenvalue weighted by Crippen LogP contribution is 2.29. The molecule has 2 aromatic heterocycles. The first-order valence-corrected chi connectivity index (χ1v) is 9.95. The maximum Gasteiger partial charge on any atom is 0.416 e. The average molecular weight is 429 g/mol. The van der Waals surface area contributed by atoms with Crippen molar-refractivity contribution in [2.24, 2.45) is 0 Å². The van der Waals surface area contributed by atoms with Gasteiger partial charge in [0.2, 0.25) is 0 Å². The van der Waals surface area contributed by atoms with Crippen LogP contribution in [0.15, 0.2) is 61.2 Å². The van der Waals surface area contributed by atoms with E-state index in [4.69, 9.17) is 4.74 Å². The molecule has 1 aromatic carbocycles. The van der Waals surface area contributed by atoms with Crippen LogP contribution < -0.4 is 9.64 Å². The molecule has 6 nitrogen and oxygen atoms in total. The van der Waals surface area contributed by atoms with Gasteiger partial charge in [0.25, 0.3) is 5.88 Å². The predicted octanol–water partition coefficient (Wildman–Crippen LogP) is 3.79. The van der Waals surface area contributed by atoms with E-state index >= 15 is 0 Å². The number of rotatable bonds is 6. The summed E-state index contributed by atoms with van der Waals surface area (Å²) in [5.74, 6) is 1.17. The number of hydrogen-bond acceptors (Lipinski definition) is 6. The van der Waals surface area contributed by atoms with Gasteiger partial charge >= 0.3 is 6.18 Å². The second kappa shape index (κ2) is 9.30. The Labute approximate surface area is 178 Å². The highest BCUT2D eigenvalue weighted by molar-refractivity contribution is 5.48. The van der Waals surface area contributed by atoms with E-state index in [2.05, 4.69) is 24.8 Å². The molecule has 1 aliphatic rings. The summed E-state index contributed by atoms with van der Waals surface area (Å²) in [6, 6.07) is 9.15. The molecule has 4 rings (SSSR count). The SMILES string of the molecule is FC(F)(F)c1ccc(CN2CCN(c3nccnc3OCc3cccnc3)CC2)cc1. The van der Waals surface area contributed by atoms with Crippen LogP contribution in [0, 0.1) is 0 Å². The zero-order valence-corrected chi connectivity index (χ0v) is 16.8. The van der Waals surface area contributed by atoms with Crippen molar-refractivity contribution in [1.29, 1.82) is 0 Å². The summed E-state index contributed by atoms with van der Waals surface area (Å²) in [5.41, 5.74) is 1.18. The van der Waals surface area contributed by atoms with Gasteiger partial charge in [-0.05, 0) is 23.8 Å². The van der Waals surface area contributed by atoms with Crippen LogP contribution >= 0.6 is 0 Å². The van der Waals surface area contributed by atoms with E-state index in [0.29, 0.717) is 24.8 Å². The molecule has 9 heteroatoms. The molecule has 1 aliphatic heterocycles. The van der Waals surface area contributed by atoms with Gasteiger partial charge in [-0.25, -0.2) is 9.97 Å². The topological polar surface area (TPSA) is 54.4 Å². The molecule has 3 aromatic rings. The Bertz CT molecular complexity index is 974. The van der Waals surface area contributed by atoms with Gasteiger partial charge in [-0.1, -0.05) is 18.2 Å². The van der Waals surface area contributed by atoms with Crippen LogP contribution in [0.2, 0.25) is 0 Å². The zero-order valence-electron chi connectivity index (χ0n) is 16.8. The van der Waals surface area contributed by atoms with Crippen molar-refractivity contribution < 1.29 is 17.9 Å². The Balaban J connectivity index is 1.34. The van der Waals surface area contributed by atoms with Crippen LogP contribution in [0.25, 0.3) is 0 Å². The molecule has 0 bridgehead atoms. The molecule has 0 atom stereocenters. The fourth-order valence-corrected chi connectivity index (χ4v) is 3.45. The quantitative estimate of drug-likeness (QED) is 0.594. The Morgan fingerprint density at radius 3 is 2.29 bits per heavy atom. The first-order chi connectivity index (χ1) is 15.0. The van der Waals surface area contributed by atoms with Gasteiger partial charge in [-0.15, -0.1) is 0 Å². The van der Waals surface area contributed by atoms with Crippen molar-refractivity contribution in [2.75, 3.05) is 31.1 Å². The number of pyridine rings is 1. The third-order valence-corrected chi connectivity index (χ3v) is 5.10. The van der Waals surface area contributed by atoms with Crippen molar-refractivity contribution in [3.8, 4) is 5.88 Å². The highest BCUT2D eigenvalue weighted by atomic mass is 19.4. The van der Waals surface area contributed by atoms with Gasteiger partial charge in [-0.3, -0.25) is 9.88 Å². The minimum Gasteiger partial charge on any atom is -0.470 e. The smallest absolute Gasteiger partial charge is 0.416 e. The summed E-state index contributed by atoms with van der Waals surface area (Å²) in [7, 11) is 0. The number of halogens is 3. The number of benzene rings is 1. The maximum atomic E-state index is 12.7. The van der Waals surface area contributed by atoms with E-state index in [0.717, 1.165) is 49.4 Å². The Morgan fingerprint density at radius 1 is 0.871 bits per heavy atom. The van der Waals surface area contributed by atoms with E-state index in [1.54, 1.807) is 36.9 Å². The summed E-state index contributed by atoms with van der Waals surface area (Å²) in [6.07, 6.45) is 2.39. The van der Waals surface area contributed by atoms with Gasteiger partial charge in [0.15, 0.2) is 5.82 Å². The zero-order chi connectivity index (χ0) is 21.7. The van der Waals surface area contributed by atoms with Gasteiger partial charge < -0.3 is 9.64 Å². The molecule has 0 radical (unpaired) electrons. The normalized spacial score (nSPS) is 15.1. The van der Waals surface area contributed by atoms with E-state index in [1.165, 1.54) is 0 Å². The fraction of sp³-hybridized carbons (Fsp3) is 0.318. The third-order valence-electron chi connectivity index (χ3n) is 5.10. The van der Waals surface area contributed by atoms with Crippen LogP contribution in [0.1, 0.15) is 16.7 Å². The van der Waals surface area contributed by atoms with Crippen molar-refractivity contribution in [1.82, 2.24) is 19.9 Å². The van der Waals surface area contributed by atoms with E-state index in [-0.39, 0.29) is 0 Å². The minimum absolute atomic E-state index is 0.355. The van der Waals surface area contributed by atoms with Crippen LogP contribution in [-0.4, -0.2) is 46.0 Å². The first-order valence-electron chi connectivity index (χ1n) is 9.95. The minimum atomic E-state index is -4.31. The number of ether oxygens (including phenoxy) is 1. The third kappa shape index (κ3) is 5.49. The molecular weight excluding hydrogens is 407 g/mol. The molecule has 1 saturated heterocycles. The fourth-order valence-electron chi connectivity index (χ4n) is 3.45. The number of anilines is 1. The van der Waals surface area contributed by atoms with Gasteiger partial charge in [0, 0.05) is 63.1 Å². The second-order valence-electron chi connectivity index (χ2n) is 7.29. The van der Waals surface area contributed by atoms with Crippen molar-refractivity contribution in [3.05, 3.63) is 77.9 Å². The molecule has 0 unspecified atom stereocenters. The van der Waals surface area contributed by atoms with E-state index in [1.807, 2.05) is 12.1 Å². The molecule has 0 saturated carbocycles. The van der Waals surface area contributed by atoms with Crippen LogP contribution in [-0.2, 0) is 19.3 Å². The summed E-state index contributed by atoms with van der Waals surface area (Å²) in [4.78, 5) is 17.2. The van der Waals surface area contributed by atoms with E-state index < -0.39 is 11.7 Å². The lowest BCUT2D eigenvalue weighted by Gasteiger charge is -2.35.